The van der Waals surface area contributed by atoms with Gasteiger partial charge in [0.05, 0.1) is 11.4 Å². The molecule has 2 heterocycles. The summed E-state index contributed by atoms with van der Waals surface area (Å²) < 4.78 is 1.57. The Bertz CT molecular complexity index is 955. The van der Waals surface area contributed by atoms with Crippen LogP contribution in [0.5, 0.6) is 0 Å². The van der Waals surface area contributed by atoms with E-state index in [1.54, 1.807) is 16.0 Å². The number of thioether (sulfide) groups is 1. The molecule has 1 aromatic carbocycles. The highest BCUT2D eigenvalue weighted by Crippen LogP contribution is 2.19. The first-order chi connectivity index (χ1) is 13.5. The van der Waals surface area contributed by atoms with E-state index in [0.717, 1.165) is 17.7 Å². The van der Waals surface area contributed by atoms with Crippen molar-refractivity contribution in [3.63, 3.8) is 0 Å². The zero-order valence-corrected chi connectivity index (χ0v) is 17.1. The van der Waals surface area contributed by atoms with Crippen molar-refractivity contribution in [2.24, 2.45) is 0 Å². The topological polar surface area (TPSA) is 102 Å². The van der Waals surface area contributed by atoms with E-state index < -0.39 is 11.9 Å². The van der Waals surface area contributed by atoms with E-state index in [2.05, 4.69) is 26.2 Å². The normalized spacial score (nSPS) is 10.6. The zero-order chi connectivity index (χ0) is 19.9. The fraction of sp³-hybridized carbons (Fsp3) is 0.278. The molecule has 28 heavy (non-hydrogen) atoms. The van der Waals surface area contributed by atoms with Crippen LogP contribution in [-0.4, -0.2) is 44.4 Å². The van der Waals surface area contributed by atoms with Crippen LogP contribution in [-0.2, 0) is 11.2 Å². The molecule has 3 rings (SSSR count). The van der Waals surface area contributed by atoms with E-state index in [9.17, 15) is 9.59 Å². The van der Waals surface area contributed by atoms with Crippen molar-refractivity contribution in [1.29, 1.82) is 0 Å². The Kier molecular flexibility index (Phi) is 6.77. The monoisotopic (exact) mass is 416 g/mol. The summed E-state index contributed by atoms with van der Waals surface area (Å²) >= 11 is 2.80. The fourth-order valence-electron chi connectivity index (χ4n) is 2.38. The van der Waals surface area contributed by atoms with Gasteiger partial charge in [0.2, 0.25) is 11.1 Å². The van der Waals surface area contributed by atoms with E-state index in [1.807, 2.05) is 49.6 Å². The number of aryl methyl sites for hydroxylation is 2. The van der Waals surface area contributed by atoms with Crippen LogP contribution < -0.4 is 10.6 Å². The minimum absolute atomic E-state index is 0.0313. The van der Waals surface area contributed by atoms with E-state index in [0.29, 0.717) is 11.7 Å². The number of thiophene rings is 1. The number of imide groups is 1. The fourth-order valence-corrected chi connectivity index (χ4v) is 3.78. The highest BCUT2D eigenvalue weighted by Gasteiger charge is 2.13. The largest absolute Gasteiger partial charge is 0.337 e. The first-order valence-electron chi connectivity index (χ1n) is 8.62. The van der Waals surface area contributed by atoms with E-state index >= 15 is 0 Å². The molecule has 10 heteroatoms. The molecular formula is C18H20N6O2S2. The molecule has 0 atom stereocenters. The van der Waals surface area contributed by atoms with Gasteiger partial charge in [-0.15, -0.1) is 16.4 Å². The SMILES string of the molecule is Cc1ccc(-n2nnnc2SCC(=O)NC(=O)NCCc2cccs2)cc1C. The molecule has 0 fully saturated rings. The molecular weight excluding hydrogens is 396 g/mol. The summed E-state index contributed by atoms with van der Waals surface area (Å²) in [5.41, 5.74) is 3.12. The number of carbonyl (C=O) groups is 2. The summed E-state index contributed by atoms with van der Waals surface area (Å²) in [5, 5.41) is 19.1. The van der Waals surface area contributed by atoms with Crippen LogP contribution in [0.2, 0.25) is 0 Å². The number of hydrogen-bond donors (Lipinski definition) is 2. The second kappa shape index (κ2) is 9.47. The van der Waals surface area contributed by atoms with Crippen LogP contribution in [0.4, 0.5) is 4.79 Å². The maximum atomic E-state index is 12.0. The number of carbonyl (C=O) groups excluding carboxylic acids is 2. The predicted molar refractivity (Wildman–Crippen MR) is 109 cm³/mol. The number of urea groups is 1. The van der Waals surface area contributed by atoms with Crippen molar-refractivity contribution >= 4 is 35.0 Å². The summed E-state index contributed by atoms with van der Waals surface area (Å²) in [7, 11) is 0. The number of benzene rings is 1. The molecule has 0 saturated heterocycles. The number of aromatic nitrogens is 4. The Morgan fingerprint density at radius 1 is 1.21 bits per heavy atom. The van der Waals surface area contributed by atoms with Gasteiger partial charge < -0.3 is 5.32 Å². The summed E-state index contributed by atoms with van der Waals surface area (Å²) in [6, 6.07) is 9.36. The Morgan fingerprint density at radius 3 is 2.82 bits per heavy atom. The van der Waals surface area contributed by atoms with Gasteiger partial charge in [0.1, 0.15) is 0 Å². The van der Waals surface area contributed by atoms with Gasteiger partial charge in [-0.25, -0.2) is 4.79 Å². The lowest BCUT2D eigenvalue weighted by atomic mass is 10.1. The van der Waals surface area contributed by atoms with Crippen molar-refractivity contribution in [2.75, 3.05) is 12.3 Å². The molecule has 3 amide bonds. The molecule has 0 aliphatic carbocycles. The first-order valence-corrected chi connectivity index (χ1v) is 10.5. The average Bonchev–Trinajstić information content (AvgIpc) is 3.34. The van der Waals surface area contributed by atoms with Crippen LogP contribution >= 0.6 is 23.1 Å². The van der Waals surface area contributed by atoms with Crippen molar-refractivity contribution in [3.8, 4) is 5.69 Å². The van der Waals surface area contributed by atoms with Gasteiger partial charge in [-0.3, -0.25) is 10.1 Å². The molecule has 0 saturated carbocycles. The summed E-state index contributed by atoms with van der Waals surface area (Å²) in [5.74, 6) is -0.378. The van der Waals surface area contributed by atoms with Crippen LogP contribution in [0, 0.1) is 13.8 Å². The van der Waals surface area contributed by atoms with Crippen molar-refractivity contribution in [1.82, 2.24) is 30.8 Å². The predicted octanol–water partition coefficient (Wildman–Crippen LogP) is 2.50. The van der Waals surface area contributed by atoms with Crippen LogP contribution in [0.3, 0.4) is 0 Å². The Balaban J connectivity index is 1.47. The van der Waals surface area contributed by atoms with Crippen LogP contribution in [0.1, 0.15) is 16.0 Å². The Hall–Kier alpha value is -2.72. The third-order valence-electron chi connectivity index (χ3n) is 4.00. The third kappa shape index (κ3) is 5.40. The maximum absolute atomic E-state index is 12.0. The number of nitrogens with zero attached hydrogens (tertiary/aromatic N) is 4. The molecule has 0 spiro atoms. The molecule has 0 bridgehead atoms. The lowest BCUT2D eigenvalue weighted by Crippen LogP contribution is -2.41. The van der Waals surface area contributed by atoms with Crippen LogP contribution in [0.15, 0.2) is 40.9 Å². The highest BCUT2D eigenvalue weighted by atomic mass is 32.2. The van der Waals surface area contributed by atoms with Crippen molar-refractivity contribution in [3.05, 3.63) is 51.7 Å². The Morgan fingerprint density at radius 2 is 2.07 bits per heavy atom. The minimum atomic E-state index is -0.504. The van der Waals surface area contributed by atoms with Crippen molar-refractivity contribution in [2.45, 2.75) is 25.4 Å². The molecule has 0 aliphatic heterocycles. The quantitative estimate of drug-likeness (QED) is 0.574. The Labute approximate surface area is 170 Å². The molecule has 8 nitrogen and oxygen atoms in total. The molecule has 146 valence electrons. The number of rotatable bonds is 7. The molecule has 0 unspecified atom stereocenters. The lowest BCUT2D eigenvalue weighted by molar-refractivity contribution is -0.117. The number of tetrazole rings is 1. The summed E-state index contributed by atoms with van der Waals surface area (Å²) in [6.45, 7) is 4.52. The van der Waals surface area contributed by atoms with E-state index in [4.69, 9.17) is 0 Å². The standard InChI is InChI=1S/C18H20N6O2S2/c1-12-5-6-14(10-13(12)2)24-18(21-22-23-24)28-11-16(25)20-17(26)19-8-7-15-4-3-9-27-15/h3-6,9-10H,7-8,11H2,1-2H3,(H2,19,20,25,26). The van der Waals surface area contributed by atoms with Crippen molar-refractivity contribution < 1.29 is 9.59 Å². The summed E-state index contributed by atoms with van der Waals surface area (Å²) in [6.07, 6.45) is 0.735. The molecule has 0 radical (unpaired) electrons. The van der Waals surface area contributed by atoms with Gasteiger partial charge in [-0.2, -0.15) is 4.68 Å². The number of amides is 3. The first kappa shape index (κ1) is 20.0. The molecule has 3 aromatic rings. The number of nitrogens with one attached hydrogen (secondary N) is 2. The zero-order valence-electron chi connectivity index (χ0n) is 15.5. The maximum Gasteiger partial charge on any atom is 0.321 e. The van der Waals surface area contributed by atoms with Gasteiger partial charge in [-0.05, 0) is 65.4 Å². The summed E-state index contributed by atoms with van der Waals surface area (Å²) in [4.78, 5) is 25.0. The minimum Gasteiger partial charge on any atom is -0.337 e. The van der Waals surface area contributed by atoms with Gasteiger partial charge >= 0.3 is 6.03 Å². The average molecular weight is 417 g/mol. The van der Waals surface area contributed by atoms with Gasteiger partial charge in [0, 0.05) is 11.4 Å². The second-order valence-electron chi connectivity index (χ2n) is 6.06. The van der Waals surface area contributed by atoms with Crippen LogP contribution in [0.25, 0.3) is 5.69 Å². The van der Waals surface area contributed by atoms with Gasteiger partial charge in [-0.1, -0.05) is 23.9 Å². The second-order valence-corrected chi connectivity index (χ2v) is 8.04. The molecule has 2 aromatic heterocycles. The smallest absolute Gasteiger partial charge is 0.321 e. The van der Waals surface area contributed by atoms with E-state index in [1.165, 1.54) is 22.2 Å². The number of hydrogen-bond acceptors (Lipinski definition) is 7. The van der Waals surface area contributed by atoms with Gasteiger partial charge in [0.25, 0.3) is 0 Å². The lowest BCUT2D eigenvalue weighted by Gasteiger charge is -2.07. The highest BCUT2D eigenvalue weighted by molar-refractivity contribution is 7.99. The molecule has 0 aliphatic rings. The van der Waals surface area contributed by atoms with Gasteiger partial charge in [0.15, 0.2) is 0 Å². The third-order valence-corrected chi connectivity index (χ3v) is 5.85. The van der Waals surface area contributed by atoms with E-state index in [-0.39, 0.29) is 5.75 Å². The molecule has 2 N–H and O–H groups in total.